The van der Waals surface area contributed by atoms with E-state index in [4.69, 9.17) is 0 Å². The summed E-state index contributed by atoms with van der Waals surface area (Å²) < 4.78 is 0. The van der Waals surface area contributed by atoms with Crippen LogP contribution in [0.3, 0.4) is 0 Å². The Morgan fingerprint density at radius 2 is 1.94 bits per heavy atom. The molecule has 1 saturated heterocycles. The lowest BCUT2D eigenvalue weighted by atomic mass is 9.91. The molecule has 1 amide bonds. The fourth-order valence-electron chi connectivity index (χ4n) is 2.70. The number of carbonyl (C=O) groups excluding carboxylic acids is 1. The average molecular weight is 252 g/mol. The van der Waals surface area contributed by atoms with Gasteiger partial charge in [-0.05, 0) is 31.4 Å². The molecule has 2 aliphatic rings. The Bertz CT molecular complexity index is 310. The lowest BCUT2D eigenvalue weighted by molar-refractivity contribution is -0.122. The van der Waals surface area contributed by atoms with Crippen molar-refractivity contribution >= 4 is 17.7 Å². The van der Waals surface area contributed by atoms with E-state index in [1.807, 2.05) is 0 Å². The van der Waals surface area contributed by atoms with Crippen molar-refractivity contribution in [1.29, 1.82) is 5.26 Å². The van der Waals surface area contributed by atoms with Crippen LogP contribution in [-0.2, 0) is 4.79 Å². The van der Waals surface area contributed by atoms with Gasteiger partial charge in [0.05, 0.1) is 11.3 Å². The number of thioether (sulfide) groups is 1. The van der Waals surface area contributed by atoms with Gasteiger partial charge in [-0.25, -0.2) is 0 Å². The van der Waals surface area contributed by atoms with Crippen molar-refractivity contribution in [3.63, 3.8) is 0 Å². The Kier molecular flexibility index (Phi) is 4.33. The summed E-state index contributed by atoms with van der Waals surface area (Å²) in [5, 5.41) is 12.5. The monoisotopic (exact) mass is 252 g/mol. The van der Waals surface area contributed by atoms with Crippen molar-refractivity contribution in [2.45, 2.75) is 62.2 Å². The molecule has 0 aromatic heterocycles. The third-order valence-electron chi connectivity index (χ3n) is 3.76. The van der Waals surface area contributed by atoms with E-state index in [1.54, 1.807) is 11.8 Å². The Morgan fingerprint density at radius 1 is 1.24 bits per heavy atom. The van der Waals surface area contributed by atoms with Crippen LogP contribution in [0.2, 0.25) is 0 Å². The number of nitrogens with zero attached hydrogens (tertiary/aromatic N) is 1. The fourth-order valence-corrected chi connectivity index (χ4v) is 3.86. The van der Waals surface area contributed by atoms with Gasteiger partial charge in [0.1, 0.15) is 5.54 Å². The SMILES string of the molecule is N#CC1(NC(=O)C2CCCS2)CCCCCC1. The van der Waals surface area contributed by atoms with Gasteiger partial charge in [0, 0.05) is 0 Å². The van der Waals surface area contributed by atoms with Crippen LogP contribution in [0.25, 0.3) is 0 Å². The molecule has 2 rings (SSSR count). The third kappa shape index (κ3) is 3.16. The molecule has 1 atom stereocenters. The van der Waals surface area contributed by atoms with Crippen molar-refractivity contribution in [2.24, 2.45) is 0 Å². The molecule has 2 fully saturated rings. The smallest absolute Gasteiger partial charge is 0.234 e. The van der Waals surface area contributed by atoms with Crippen molar-refractivity contribution in [3.8, 4) is 6.07 Å². The Labute approximate surface area is 107 Å². The fraction of sp³-hybridized carbons (Fsp3) is 0.846. The summed E-state index contributed by atoms with van der Waals surface area (Å²) in [4.78, 5) is 12.1. The Balaban J connectivity index is 1.97. The molecule has 0 aromatic rings. The van der Waals surface area contributed by atoms with E-state index in [9.17, 15) is 10.1 Å². The van der Waals surface area contributed by atoms with Crippen molar-refractivity contribution in [2.75, 3.05) is 5.75 Å². The molecule has 1 unspecified atom stereocenters. The Morgan fingerprint density at radius 3 is 2.47 bits per heavy atom. The summed E-state index contributed by atoms with van der Waals surface area (Å²) in [5.41, 5.74) is -0.573. The normalized spacial score (nSPS) is 28.1. The highest BCUT2D eigenvalue weighted by Crippen LogP contribution is 2.30. The molecule has 4 heteroatoms. The molecular weight excluding hydrogens is 232 g/mol. The minimum Gasteiger partial charge on any atom is -0.337 e. The van der Waals surface area contributed by atoms with Crippen LogP contribution in [-0.4, -0.2) is 22.4 Å². The van der Waals surface area contributed by atoms with Gasteiger partial charge >= 0.3 is 0 Å². The molecule has 0 bridgehead atoms. The molecule has 1 aliphatic carbocycles. The molecule has 17 heavy (non-hydrogen) atoms. The first-order valence-electron chi connectivity index (χ1n) is 6.61. The largest absolute Gasteiger partial charge is 0.337 e. The highest BCUT2D eigenvalue weighted by molar-refractivity contribution is 8.00. The van der Waals surface area contributed by atoms with Crippen LogP contribution in [0.1, 0.15) is 51.4 Å². The zero-order valence-corrected chi connectivity index (χ0v) is 11.0. The first-order chi connectivity index (χ1) is 8.26. The molecule has 1 heterocycles. The quantitative estimate of drug-likeness (QED) is 0.769. The van der Waals surface area contributed by atoms with Gasteiger partial charge in [-0.1, -0.05) is 25.7 Å². The summed E-state index contributed by atoms with van der Waals surface area (Å²) in [7, 11) is 0. The minimum atomic E-state index is -0.573. The number of hydrogen-bond donors (Lipinski definition) is 1. The number of amides is 1. The second-order valence-corrected chi connectivity index (χ2v) is 6.41. The molecule has 94 valence electrons. The zero-order chi connectivity index (χ0) is 12.1. The number of nitriles is 1. The standard InChI is InChI=1S/C13H20N2OS/c14-10-13(7-3-1-2-4-8-13)15-12(16)11-6-5-9-17-11/h11H,1-9H2,(H,15,16). The van der Waals surface area contributed by atoms with Crippen molar-refractivity contribution < 1.29 is 4.79 Å². The summed E-state index contributed by atoms with van der Waals surface area (Å²) in [5.74, 6) is 1.17. The van der Waals surface area contributed by atoms with Crippen LogP contribution >= 0.6 is 11.8 Å². The molecule has 0 radical (unpaired) electrons. The summed E-state index contributed by atoms with van der Waals surface area (Å²) in [6.07, 6.45) is 8.26. The van der Waals surface area contributed by atoms with Gasteiger partial charge in [-0.15, -0.1) is 11.8 Å². The minimum absolute atomic E-state index is 0.0866. The molecule has 1 aliphatic heterocycles. The van der Waals surface area contributed by atoms with Gasteiger partial charge < -0.3 is 5.32 Å². The zero-order valence-electron chi connectivity index (χ0n) is 10.2. The molecule has 1 saturated carbocycles. The molecular formula is C13H20N2OS. The van der Waals surface area contributed by atoms with E-state index < -0.39 is 5.54 Å². The van der Waals surface area contributed by atoms with Crippen molar-refractivity contribution in [3.05, 3.63) is 0 Å². The van der Waals surface area contributed by atoms with Gasteiger partial charge in [-0.2, -0.15) is 5.26 Å². The number of carbonyl (C=O) groups is 1. The van der Waals surface area contributed by atoms with Gasteiger partial charge in [0.2, 0.25) is 5.91 Å². The lowest BCUT2D eigenvalue weighted by Gasteiger charge is -2.27. The van der Waals surface area contributed by atoms with Gasteiger partial charge in [-0.3, -0.25) is 4.79 Å². The van der Waals surface area contributed by atoms with E-state index in [2.05, 4.69) is 11.4 Å². The average Bonchev–Trinajstić information content (AvgIpc) is 2.78. The molecule has 0 spiro atoms. The Hall–Kier alpha value is -0.690. The first-order valence-corrected chi connectivity index (χ1v) is 7.65. The summed E-state index contributed by atoms with van der Waals surface area (Å²) in [6.45, 7) is 0. The first kappa shape index (κ1) is 12.8. The van der Waals surface area contributed by atoms with Crippen LogP contribution in [0, 0.1) is 11.3 Å². The highest BCUT2D eigenvalue weighted by Gasteiger charge is 2.35. The van der Waals surface area contributed by atoms with E-state index in [-0.39, 0.29) is 11.2 Å². The van der Waals surface area contributed by atoms with Crippen LogP contribution in [0.4, 0.5) is 0 Å². The number of nitrogens with one attached hydrogen (secondary N) is 1. The maximum Gasteiger partial charge on any atom is 0.234 e. The molecule has 0 aromatic carbocycles. The predicted molar refractivity (Wildman–Crippen MR) is 69.7 cm³/mol. The summed E-state index contributed by atoms with van der Waals surface area (Å²) >= 11 is 1.73. The second kappa shape index (κ2) is 5.77. The van der Waals surface area contributed by atoms with Crippen LogP contribution in [0.15, 0.2) is 0 Å². The van der Waals surface area contributed by atoms with E-state index in [0.717, 1.165) is 44.3 Å². The van der Waals surface area contributed by atoms with E-state index >= 15 is 0 Å². The number of hydrogen-bond acceptors (Lipinski definition) is 3. The molecule has 3 nitrogen and oxygen atoms in total. The maximum atomic E-state index is 12.1. The van der Waals surface area contributed by atoms with Crippen LogP contribution in [0.5, 0.6) is 0 Å². The lowest BCUT2D eigenvalue weighted by Crippen LogP contribution is -2.49. The van der Waals surface area contributed by atoms with Gasteiger partial charge in [0.15, 0.2) is 0 Å². The van der Waals surface area contributed by atoms with Gasteiger partial charge in [0.25, 0.3) is 0 Å². The second-order valence-electron chi connectivity index (χ2n) is 5.10. The van der Waals surface area contributed by atoms with Crippen LogP contribution < -0.4 is 5.32 Å². The molecule has 1 N–H and O–H groups in total. The highest BCUT2D eigenvalue weighted by atomic mass is 32.2. The third-order valence-corrected chi connectivity index (χ3v) is 5.13. The van der Waals surface area contributed by atoms with E-state index in [1.165, 1.54) is 12.8 Å². The predicted octanol–water partition coefficient (Wildman–Crippen LogP) is 2.61. The van der Waals surface area contributed by atoms with Crippen molar-refractivity contribution in [1.82, 2.24) is 5.32 Å². The maximum absolute atomic E-state index is 12.1. The topological polar surface area (TPSA) is 52.9 Å². The number of rotatable bonds is 2. The summed E-state index contributed by atoms with van der Waals surface area (Å²) in [6, 6.07) is 2.37. The van der Waals surface area contributed by atoms with E-state index in [0.29, 0.717) is 0 Å².